The average Bonchev–Trinajstić information content (AvgIpc) is 3.73. The molecule has 1 aliphatic heterocycles. The highest BCUT2D eigenvalue weighted by atomic mass is 16.5. The molecule has 5 aromatic rings. The molecule has 2 heterocycles. The smallest absolute Gasteiger partial charge is 0.337 e. The summed E-state index contributed by atoms with van der Waals surface area (Å²) < 4.78 is 6.97. The number of aryl methyl sites for hydroxylation is 1. The lowest BCUT2D eigenvalue weighted by Crippen LogP contribution is -2.36. The molecule has 46 heavy (non-hydrogen) atoms. The van der Waals surface area contributed by atoms with E-state index in [1.165, 1.54) is 18.2 Å². The van der Waals surface area contributed by atoms with E-state index >= 15 is 0 Å². The van der Waals surface area contributed by atoms with Crippen LogP contribution in [-0.2, 0) is 28.9 Å². The summed E-state index contributed by atoms with van der Waals surface area (Å²) in [4.78, 5) is 41.5. The summed E-state index contributed by atoms with van der Waals surface area (Å²) in [6.45, 7) is 1.04. The van der Waals surface area contributed by atoms with Crippen molar-refractivity contribution in [2.75, 3.05) is 13.7 Å². The number of ketones is 1. The van der Waals surface area contributed by atoms with Crippen LogP contribution in [0.1, 0.15) is 61.7 Å². The summed E-state index contributed by atoms with van der Waals surface area (Å²) in [5.41, 5.74) is 8.68. The van der Waals surface area contributed by atoms with Crippen molar-refractivity contribution in [2.45, 2.75) is 38.1 Å². The largest absolute Gasteiger partial charge is 0.465 e. The summed E-state index contributed by atoms with van der Waals surface area (Å²) in [5, 5.41) is 0. The van der Waals surface area contributed by atoms with E-state index in [1.54, 1.807) is 6.07 Å². The van der Waals surface area contributed by atoms with Gasteiger partial charge in [-0.15, -0.1) is 0 Å². The van der Waals surface area contributed by atoms with Crippen LogP contribution < -0.4 is 0 Å². The van der Waals surface area contributed by atoms with Crippen LogP contribution in [0.15, 0.2) is 116 Å². The van der Waals surface area contributed by atoms with Gasteiger partial charge in [0.15, 0.2) is 0 Å². The average molecular weight is 609 g/mol. The molecule has 1 amide bonds. The summed E-state index contributed by atoms with van der Waals surface area (Å²) in [5.74, 6) is 0.330. The predicted molar refractivity (Wildman–Crippen MR) is 178 cm³/mol. The number of rotatable bonds is 9. The SMILES string of the molecule is COC(=O)c1cccc(-c2ccc(CCC(=O)C3CC3c3ccccc3)c3c2CCN(C(=O)c2cccc(-n4cccc4)c2)C3)c1. The maximum absolute atomic E-state index is 13.9. The van der Waals surface area contributed by atoms with Gasteiger partial charge in [-0.25, -0.2) is 4.79 Å². The molecule has 0 bridgehead atoms. The fourth-order valence-electron chi connectivity index (χ4n) is 6.90. The first-order chi connectivity index (χ1) is 22.5. The summed E-state index contributed by atoms with van der Waals surface area (Å²) in [6.07, 6.45) is 6.64. The number of Topliss-reactive ketones (excluding diaryl/α,β-unsaturated/α-hetero) is 1. The highest BCUT2D eigenvalue weighted by Gasteiger charge is 2.43. The molecule has 0 radical (unpaired) electrons. The second-order valence-electron chi connectivity index (χ2n) is 12.2. The van der Waals surface area contributed by atoms with Crippen molar-refractivity contribution in [1.29, 1.82) is 0 Å². The predicted octanol–water partition coefficient (Wildman–Crippen LogP) is 7.43. The summed E-state index contributed by atoms with van der Waals surface area (Å²) in [7, 11) is 1.39. The normalized spacial score (nSPS) is 16.8. The van der Waals surface area contributed by atoms with Crippen LogP contribution in [0.3, 0.4) is 0 Å². The number of nitrogens with zero attached hydrogens (tertiary/aromatic N) is 2. The van der Waals surface area contributed by atoms with Gasteiger partial charge in [0.1, 0.15) is 5.78 Å². The van der Waals surface area contributed by atoms with Crippen LogP contribution in [-0.4, -0.2) is 40.8 Å². The standard InChI is InChI=1S/C40H36N2O4/c1-46-40(45)31-13-7-11-29(23-31)33-17-15-28(16-18-38(43)36-25-35(36)27-9-3-2-4-10-27)37-26-42(22-19-34(33)37)39(44)30-12-8-14-32(24-30)41-20-5-6-21-41/h2-15,17,20-21,23-24,35-36H,16,18-19,22,25-26H2,1H3. The highest BCUT2D eigenvalue weighted by Crippen LogP contribution is 2.48. The molecule has 230 valence electrons. The maximum atomic E-state index is 13.9. The quantitative estimate of drug-likeness (QED) is 0.163. The van der Waals surface area contributed by atoms with Crippen molar-refractivity contribution in [1.82, 2.24) is 9.47 Å². The molecule has 1 saturated carbocycles. The maximum Gasteiger partial charge on any atom is 0.337 e. The number of carbonyl (C=O) groups excluding carboxylic acids is 3. The number of methoxy groups -OCH3 is 1. The van der Waals surface area contributed by atoms with Gasteiger partial charge < -0.3 is 14.2 Å². The molecule has 0 spiro atoms. The second kappa shape index (κ2) is 12.6. The Morgan fingerprint density at radius 2 is 1.59 bits per heavy atom. The van der Waals surface area contributed by atoms with Gasteiger partial charge in [-0.1, -0.05) is 60.7 Å². The van der Waals surface area contributed by atoms with Gasteiger partial charge in [-0.3, -0.25) is 9.59 Å². The number of fused-ring (bicyclic) bond motifs is 1. The lowest BCUT2D eigenvalue weighted by atomic mass is 9.85. The van der Waals surface area contributed by atoms with E-state index in [0.717, 1.165) is 34.4 Å². The number of hydrogen-bond acceptors (Lipinski definition) is 4. The molecule has 7 rings (SSSR count). The molecular formula is C40H36N2O4. The van der Waals surface area contributed by atoms with E-state index in [4.69, 9.17) is 4.74 Å². The Kier molecular flexibility index (Phi) is 8.10. The third-order valence-electron chi connectivity index (χ3n) is 9.46. The first-order valence-corrected chi connectivity index (χ1v) is 15.9. The van der Waals surface area contributed by atoms with Gasteiger partial charge in [-0.2, -0.15) is 0 Å². The molecule has 1 aliphatic carbocycles. The van der Waals surface area contributed by atoms with Gasteiger partial charge in [0.05, 0.1) is 12.7 Å². The van der Waals surface area contributed by atoms with Crippen molar-refractivity contribution in [3.05, 3.63) is 149 Å². The van der Waals surface area contributed by atoms with Crippen LogP contribution in [0, 0.1) is 5.92 Å². The minimum absolute atomic E-state index is 0.0107. The molecular weight excluding hydrogens is 572 g/mol. The number of hydrogen-bond donors (Lipinski definition) is 0. The van der Waals surface area contributed by atoms with Gasteiger partial charge in [0, 0.05) is 49.1 Å². The number of amides is 1. The first kappa shape index (κ1) is 29.5. The van der Waals surface area contributed by atoms with E-state index in [-0.39, 0.29) is 17.8 Å². The van der Waals surface area contributed by atoms with Crippen LogP contribution in [0.4, 0.5) is 0 Å². The van der Waals surface area contributed by atoms with E-state index < -0.39 is 0 Å². The minimum atomic E-state index is -0.376. The van der Waals surface area contributed by atoms with Crippen LogP contribution >= 0.6 is 0 Å². The van der Waals surface area contributed by atoms with Gasteiger partial charge in [-0.05, 0) is 101 Å². The van der Waals surface area contributed by atoms with Gasteiger partial charge in [0.2, 0.25) is 0 Å². The van der Waals surface area contributed by atoms with Crippen LogP contribution in [0.25, 0.3) is 16.8 Å². The van der Waals surface area contributed by atoms with Gasteiger partial charge in [0.25, 0.3) is 5.91 Å². The fraction of sp³-hybridized carbons (Fsp3) is 0.225. The molecule has 6 heteroatoms. The zero-order valence-electron chi connectivity index (χ0n) is 25.9. The molecule has 2 aliphatic rings. The number of benzene rings is 4. The van der Waals surface area contributed by atoms with Crippen molar-refractivity contribution in [3.63, 3.8) is 0 Å². The van der Waals surface area contributed by atoms with Crippen LogP contribution in [0.5, 0.6) is 0 Å². The van der Waals surface area contributed by atoms with Crippen molar-refractivity contribution in [3.8, 4) is 16.8 Å². The van der Waals surface area contributed by atoms with E-state index in [0.29, 0.717) is 55.2 Å². The number of carbonyl (C=O) groups is 3. The van der Waals surface area contributed by atoms with Crippen molar-refractivity contribution in [2.24, 2.45) is 5.92 Å². The van der Waals surface area contributed by atoms with E-state index in [9.17, 15) is 14.4 Å². The number of esters is 1. The monoisotopic (exact) mass is 608 g/mol. The number of ether oxygens (including phenoxy) is 1. The Balaban J connectivity index is 1.17. The minimum Gasteiger partial charge on any atom is -0.465 e. The molecule has 2 atom stereocenters. The Labute approximate surface area is 269 Å². The molecule has 0 N–H and O–H groups in total. The second-order valence-corrected chi connectivity index (χ2v) is 12.2. The zero-order chi connectivity index (χ0) is 31.6. The van der Waals surface area contributed by atoms with E-state index in [2.05, 4.69) is 24.3 Å². The topological polar surface area (TPSA) is 68.6 Å². The van der Waals surface area contributed by atoms with Crippen molar-refractivity contribution >= 4 is 17.7 Å². The fourth-order valence-corrected chi connectivity index (χ4v) is 6.90. The molecule has 2 unspecified atom stereocenters. The lowest BCUT2D eigenvalue weighted by Gasteiger charge is -2.32. The Bertz CT molecular complexity index is 1910. The number of aromatic nitrogens is 1. The zero-order valence-corrected chi connectivity index (χ0v) is 25.9. The third-order valence-corrected chi connectivity index (χ3v) is 9.46. The molecule has 6 nitrogen and oxygen atoms in total. The highest BCUT2D eigenvalue weighted by molar-refractivity contribution is 5.95. The molecule has 4 aromatic carbocycles. The van der Waals surface area contributed by atoms with E-state index in [1.807, 2.05) is 94.7 Å². The first-order valence-electron chi connectivity index (χ1n) is 15.9. The molecule has 0 saturated heterocycles. The summed E-state index contributed by atoms with van der Waals surface area (Å²) in [6, 6.07) is 33.7. The molecule has 1 fully saturated rings. The summed E-state index contributed by atoms with van der Waals surface area (Å²) >= 11 is 0. The van der Waals surface area contributed by atoms with Gasteiger partial charge >= 0.3 is 5.97 Å². The Hall–Kier alpha value is -5.23. The third kappa shape index (κ3) is 5.91. The van der Waals surface area contributed by atoms with Crippen LogP contribution in [0.2, 0.25) is 0 Å². The molecule has 1 aromatic heterocycles. The van der Waals surface area contributed by atoms with Crippen molar-refractivity contribution < 1.29 is 19.1 Å². The Morgan fingerprint density at radius 1 is 0.804 bits per heavy atom. The lowest BCUT2D eigenvalue weighted by molar-refractivity contribution is -0.120. The Morgan fingerprint density at radius 3 is 2.39 bits per heavy atom.